The molecule has 0 spiro atoms. The number of nitrogens with one attached hydrogen (secondary N) is 1. The fourth-order valence-corrected chi connectivity index (χ4v) is 1.24. The molecule has 0 aliphatic rings. The first-order valence-corrected chi connectivity index (χ1v) is 5.18. The van der Waals surface area contributed by atoms with Crippen LogP contribution in [0.15, 0.2) is 18.3 Å². The van der Waals surface area contributed by atoms with Crippen molar-refractivity contribution in [2.45, 2.75) is 19.4 Å². The lowest BCUT2D eigenvalue weighted by atomic mass is 10.2. The molecule has 0 saturated heterocycles. The van der Waals surface area contributed by atoms with E-state index in [0.29, 0.717) is 12.1 Å². The monoisotopic (exact) mass is 237 g/mol. The molecule has 0 radical (unpaired) electrons. The van der Waals surface area contributed by atoms with E-state index in [1.807, 2.05) is 0 Å². The van der Waals surface area contributed by atoms with Gasteiger partial charge in [0.25, 0.3) is 5.91 Å². The van der Waals surface area contributed by atoms with Gasteiger partial charge in [0, 0.05) is 0 Å². The molecule has 1 rings (SSSR count). The number of carbonyl (C=O) groups is 2. The molecule has 1 heterocycles. The summed E-state index contributed by atoms with van der Waals surface area (Å²) in [5.41, 5.74) is 6.14. The minimum absolute atomic E-state index is 0.210. The number of anilines is 1. The minimum atomic E-state index is -0.660. The summed E-state index contributed by atoms with van der Waals surface area (Å²) in [6, 6.07) is 2.40. The highest BCUT2D eigenvalue weighted by atomic mass is 16.5. The molecule has 6 heteroatoms. The first kappa shape index (κ1) is 13.0. The van der Waals surface area contributed by atoms with E-state index in [-0.39, 0.29) is 5.69 Å². The lowest BCUT2D eigenvalue weighted by Gasteiger charge is -2.13. The number of nitrogens with zero attached hydrogens (tertiary/aromatic N) is 1. The van der Waals surface area contributed by atoms with Gasteiger partial charge in [0.2, 0.25) is 0 Å². The van der Waals surface area contributed by atoms with Crippen molar-refractivity contribution >= 4 is 17.6 Å². The van der Waals surface area contributed by atoms with Crippen molar-refractivity contribution in [1.29, 1.82) is 0 Å². The average molecular weight is 237 g/mol. The molecule has 0 aliphatic heterocycles. The van der Waals surface area contributed by atoms with Crippen molar-refractivity contribution in [3.63, 3.8) is 0 Å². The molecule has 1 aromatic rings. The molecule has 1 amide bonds. The van der Waals surface area contributed by atoms with Gasteiger partial charge >= 0.3 is 5.97 Å². The van der Waals surface area contributed by atoms with Gasteiger partial charge in [-0.2, -0.15) is 0 Å². The largest absolute Gasteiger partial charge is 0.467 e. The van der Waals surface area contributed by atoms with E-state index in [4.69, 9.17) is 5.73 Å². The van der Waals surface area contributed by atoms with Crippen molar-refractivity contribution in [3.05, 3.63) is 24.0 Å². The van der Waals surface area contributed by atoms with Gasteiger partial charge in [0.15, 0.2) is 0 Å². The number of hydrogen-bond donors (Lipinski definition) is 2. The number of hydrogen-bond acceptors (Lipinski definition) is 5. The van der Waals surface area contributed by atoms with Gasteiger partial charge in [-0.15, -0.1) is 0 Å². The summed E-state index contributed by atoms with van der Waals surface area (Å²) in [7, 11) is 1.28. The van der Waals surface area contributed by atoms with E-state index >= 15 is 0 Å². The summed E-state index contributed by atoms with van der Waals surface area (Å²) >= 11 is 0. The Morgan fingerprint density at radius 2 is 2.24 bits per heavy atom. The van der Waals surface area contributed by atoms with Gasteiger partial charge < -0.3 is 15.8 Å². The number of carbonyl (C=O) groups excluding carboxylic acids is 2. The molecule has 1 aromatic heterocycles. The average Bonchev–Trinajstić information content (AvgIpc) is 2.35. The van der Waals surface area contributed by atoms with Crippen LogP contribution in [0, 0.1) is 0 Å². The predicted molar refractivity (Wildman–Crippen MR) is 62.2 cm³/mol. The van der Waals surface area contributed by atoms with Crippen LogP contribution in [0.25, 0.3) is 0 Å². The van der Waals surface area contributed by atoms with Crippen molar-refractivity contribution < 1.29 is 14.3 Å². The number of rotatable bonds is 4. The molecule has 3 N–H and O–H groups in total. The molecule has 0 bridgehead atoms. The zero-order valence-corrected chi connectivity index (χ0v) is 9.77. The van der Waals surface area contributed by atoms with Crippen molar-refractivity contribution in [2.75, 3.05) is 12.8 Å². The summed E-state index contributed by atoms with van der Waals surface area (Å²) in [4.78, 5) is 26.9. The summed E-state index contributed by atoms with van der Waals surface area (Å²) in [6.45, 7) is 1.78. The maximum atomic E-state index is 11.7. The molecule has 0 aliphatic carbocycles. The summed E-state index contributed by atoms with van der Waals surface area (Å²) in [6.07, 6.45) is 1.83. The summed E-state index contributed by atoms with van der Waals surface area (Å²) in [5.74, 6) is -0.904. The number of aromatic nitrogens is 1. The van der Waals surface area contributed by atoms with E-state index in [1.165, 1.54) is 19.4 Å². The zero-order valence-electron chi connectivity index (χ0n) is 9.77. The minimum Gasteiger partial charge on any atom is -0.467 e. The number of nitrogen functional groups attached to an aromatic ring is 1. The van der Waals surface area contributed by atoms with E-state index in [2.05, 4.69) is 15.0 Å². The third-order valence-corrected chi connectivity index (χ3v) is 2.22. The van der Waals surface area contributed by atoms with Crippen LogP contribution in [0.3, 0.4) is 0 Å². The molecular weight excluding hydrogens is 222 g/mol. The van der Waals surface area contributed by atoms with Crippen molar-refractivity contribution in [1.82, 2.24) is 10.3 Å². The fourth-order valence-electron chi connectivity index (χ4n) is 1.24. The van der Waals surface area contributed by atoms with Crippen LogP contribution in [0.1, 0.15) is 23.8 Å². The van der Waals surface area contributed by atoms with E-state index in [9.17, 15) is 9.59 Å². The number of nitrogens with two attached hydrogens (primary N) is 1. The Bertz CT molecular complexity index is 403. The predicted octanol–water partition coefficient (Wildman–Crippen LogP) is 0.345. The van der Waals surface area contributed by atoms with Crippen LogP contribution in [0.4, 0.5) is 5.69 Å². The lowest BCUT2D eigenvalue weighted by Crippen LogP contribution is -2.41. The van der Waals surface area contributed by atoms with Crippen LogP contribution >= 0.6 is 0 Å². The van der Waals surface area contributed by atoms with E-state index < -0.39 is 17.9 Å². The second kappa shape index (κ2) is 5.83. The SMILES string of the molecule is CCC(NC(=O)c1ccc(N)cn1)C(=O)OC. The van der Waals surface area contributed by atoms with Crippen LogP contribution in [0.2, 0.25) is 0 Å². The number of pyridine rings is 1. The Kier molecular flexibility index (Phi) is 4.45. The molecule has 6 nitrogen and oxygen atoms in total. The molecule has 0 aromatic carbocycles. The molecule has 1 atom stereocenters. The van der Waals surface area contributed by atoms with E-state index in [1.54, 1.807) is 13.0 Å². The summed E-state index contributed by atoms with van der Waals surface area (Å²) in [5, 5.41) is 2.54. The standard InChI is InChI=1S/C11H15N3O3/c1-3-8(11(16)17-2)14-10(15)9-5-4-7(12)6-13-9/h4-6,8H,3,12H2,1-2H3,(H,14,15). The third kappa shape index (κ3) is 3.44. The maximum Gasteiger partial charge on any atom is 0.328 e. The van der Waals surface area contributed by atoms with Crippen molar-refractivity contribution in [3.8, 4) is 0 Å². The maximum absolute atomic E-state index is 11.7. The molecule has 92 valence electrons. The Labute approximate surface area is 99.2 Å². The van der Waals surface area contributed by atoms with Gasteiger partial charge in [-0.1, -0.05) is 6.92 Å². The smallest absolute Gasteiger partial charge is 0.328 e. The van der Waals surface area contributed by atoms with Crippen LogP contribution in [-0.2, 0) is 9.53 Å². The normalized spacial score (nSPS) is 11.6. The van der Waals surface area contributed by atoms with Crippen molar-refractivity contribution in [2.24, 2.45) is 0 Å². The summed E-state index contributed by atoms with van der Waals surface area (Å²) < 4.78 is 4.57. The third-order valence-electron chi connectivity index (χ3n) is 2.22. The topological polar surface area (TPSA) is 94.3 Å². The second-order valence-electron chi connectivity index (χ2n) is 3.43. The Morgan fingerprint density at radius 3 is 2.71 bits per heavy atom. The first-order chi connectivity index (χ1) is 8.08. The number of methoxy groups -OCH3 is 1. The molecule has 0 saturated carbocycles. The lowest BCUT2D eigenvalue weighted by molar-refractivity contribution is -0.142. The van der Waals surface area contributed by atoms with Gasteiger partial charge in [0.1, 0.15) is 11.7 Å². The van der Waals surface area contributed by atoms with E-state index in [0.717, 1.165) is 0 Å². The fraction of sp³-hybridized carbons (Fsp3) is 0.364. The van der Waals surface area contributed by atoms with Gasteiger partial charge in [-0.05, 0) is 18.6 Å². The Balaban J connectivity index is 2.71. The highest BCUT2D eigenvalue weighted by molar-refractivity contribution is 5.95. The molecule has 1 unspecified atom stereocenters. The molecular formula is C11H15N3O3. The Morgan fingerprint density at radius 1 is 1.53 bits per heavy atom. The number of esters is 1. The number of ether oxygens (including phenoxy) is 1. The van der Waals surface area contributed by atoms with Crippen LogP contribution in [0.5, 0.6) is 0 Å². The highest BCUT2D eigenvalue weighted by Crippen LogP contribution is 2.02. The molecule has 0 fully saturated rings. The van der Waals surface area contributed by atoms with Gasteiger partial charge in [0.05, 0.1) is 19.0 Å². The van der Waals surface area contributed by atoms with Gasteiger partial charge in [-0.3, -0.25) is 4.79 Å². The first-order valence-electron chi connectivity index (χ1n) is 5.18. The quantitative estimate of drug-likeness (QED) is 0.736. The van der Waals surface area contributed by atoms with Gasteiger partial charge in [-0.25, -0.2) is 9.78 Å². The van der Waals surface area contributed by atoms with Crippen LogP contribution in [-0.4, -0.2) is 30.0 Å². The Hall–Kier alpha value is -2.11. The number of amides is 1. The second-order valence-corrected chi connectivity index (χ2v) is 3.43. The van der Waals surface area contributed by atoms with Crippen LogP contribution < -0.4 is 11.1 Å². The molecule has 17 heavy (non-hydrogen) atoms. The zero-order chi connectivity index (χ0) is 12.8. The highest BCUT2D eigenvalue weighted by Gasteiger charge is 2.20.